The van der Waals surface area contributed by atoms with Gasteiger partial charge in [-0.25, -0.2) is 0 Å². The molecular formula is C17H22N2O2. The van der Waals surface area contributed by atoms with Gasteiger partial charge in [0, 0.05) is 19.8 Å². The fraction of sp³-hybridized carbons (Fsp3) is 0.294. The van der Waals surface area contributed by atoms with Crippen molar-refractivity contribution in [1.29, 1.82) is 0 Å². The zero-order valence-electron chi connectivity index (χ0n) is 13.0. The second-order valence-corrected chi connectivity index (χ2v) is 5.08. The van der Waals surface area contributed by atoms with Crippen LogP contribution in [0.4, 0.5) is 5.69 Å². The molecule has 0 spiro atoms. The smallest absolute Gasteiger partial charge is 0.161 e. The van der Waals surface area contributed by atoms with Gasteiger partial charge in [0.1, 0.15) is 0 Å². The van der Waals surface area contributed by atoms with Crippen molar-refractivity contribution in [3.05, 3.63) is 53.6 Å². The minimum Gasteiger partial charge on any atom is -0.493 e. The van der Waals surface area contributed by atoms with Crippen LogP contribution in [0.5, 0.6) is 11.5 Å². The highest BCUT2D eigenvalue weighted by molar-refractivity contribution is 5.51. The van der Waals surface area contributed by atoms with Crippen LogP contribution in [0.25, 0.3) is 0 Å². The molecule has 0 bridgehead atoms. The maximum absolute atomic E-state index is 6.39. The second-order valence-electron chi connectivity index (χ2n) is 5.08. The van der Waals surface area contributed by atoms with E-state index in [0.29, 0.717) is 11.5 Å². The van der Waals surface area contributed by atoms with Gasteiger partial charge in [-0.15, -0.1) is 0 Å². The molecule has 0 aliphatic rings. The lowest BCUT2D eigenvalue weighted by atomic mass is 9.98. The van der Waals surface area contributed by atoms with Crippen LogP contribution in [-0.4, -0.2) is 28.3 Å². The Bertz CT molecular complexity index is 611. The summed E-state index contributed by atoms with van der Waals surface area (Å²) in [6.07, 6.45) is 0. The number of hydrogen-bond acceptors (Lipinski definition) is 4. The van der Waals surface area contributed by atoms with Gasteiger partial charge in [0.25, 0.3) is 0 Å². The summed E-state index contributed by atoms with van der Waals surface area (Å²) in [5.41, 5.74) is 9.57. The molecule has 0 aromatic heterocycles. The van der Waals surface area contributed by atoms with Crippen LogP contribution in [0, 0.1) is 0 Å². The van der Waals surface area contributed by atoms with E-state index in [2.05, 4.69) is 17.0 Å². The molecule has 0 radical (unpaired) electrons. The third-order valence-electron chi connectivity index (χ3n) is 3.51. The Hall–Kier alpha value is -2.20. The fourth-order valence-corrected chi connectivity index (χ4v) is 2.24. The molecule has 0 saturated heterocycles. The third kappa shape index (κ3) is 3.28. The van der Waals surface area contributed by atoms with Gasteiger partial charge in [-0.2, -0.15) is 0 Å². The lowest BCUT2D eigenvalue weighted by molar-refractivity contribution is 0.354. The Labute approximate surface area is 126 Å². The van der Waals surface area contributed by atoms with E-state index >= 15 is 0 Å². The Morgan fingerprint density at radius 2 is 1.57 bits per heavy atom. The average molecular weight is 286 g/mol. The number of rotatable bonds is 5. The summed E-state index contributed by atoms with van der Waals surface area (Å²) in [5.74, 6) is 1.39. The van der Waals surface area contributed by atoms with Gasteiger partial charge >= 0.3 is 0 Å². The standard InChI is InChI=1S/C17H22N2O2/c1-19(2)14-7-5-6-12(10-14)17(18)13-8-9-15(20-3)16(11-13)21-4/h5-11,17H,18H2,1-4H3. The van der Waals surface area contributed by atoms with E-state index < -0.39 is 0 Å². The van der Waals surface area contributed by atoms with Crippen LogP contribution in [0.3, 0.4) is 0 Å². The summed E-state index contributed by atoms with van der Waals surface area (Å²) in [6.45, 7) is 0. The van der Waals surface area contributed by atoms with E-state index in [4.69, 9.17) is 15.2 Å². The predicted octanol–water partition coefficient (Wildman–Crippen LogP) is 2.82. The molecule has 2 N–H and O–H groups in total. The summed E-state index contributed by atoms with van der Waals surface area (Å²) in [7, 11) is 7.28. The third-order valence-corrected chi connectivity index (χ3v) is 3.51. The molecule has 0 saturated carbocycles. The molecule has 4 nitrogen and oxygen atoms in total. The van der Waals surface area contributed by atoms with Gasteiger partial charge < -0.3 is 20.1 Å². The highest BCUT2D eigenvalue weighted by Crippen LogP contribution is 2.31. The molecule has 0 aliphatic carbocycles. The topological polar surface area (TPSA) is 47.7 Å². The van der Waals surface area contributed by atoms with Crippen LogP contribution < -0.4 is 20.1 Å². The lowest BCUT2D eigenvalue weighted by Gasteiger charge is -2.18. The molecule has 21 heavy (non-hydrogen) atoms. The van der Waals surface area contributed by atoms with Gasteiger partial charge in [0.15, 0.2) is 11.5 Å². The summed E-state index contributed by atoms with van der Waals surface area (Å²) in [5, 5.41) is 0. The Morgan fingerprint density at radius 1 is 0.905 bits per heavy atom. The number of nitrogens with two attached hydrogens (primary N) is 1. The van der Waals surface area contributed by atoms with Crippen molar-refractivity contribution in [3.63, 3.8) is 0 Å². The van der Waals surface area contributed by atoms with Gasteiger partial charge in [0.2, 0.25) is 0 Å². The van der Waals surface area contributed by atoms with Crippen LogP contribution in [0.1, 0.15) is 17.2 Å². The second kappa shape index (κ2) is 6.50. The monoisotopic (exact) mass is 286 g/mol. The molecule has 1 unspecified atom stereocenters. The van der Waals surface area contributed by atoms with E-state index in [0.717, 1.165) is 16.8 Å². The summed E-state index contributed by atoms with van der Waals surface area (Å²) in [4.78, 5) is 2.06. The van der Waals surface area contributed by atoms with Crippen molar-refractivity contribution in [2.24, 2.45) is 5.73 Å². The quantitative estimate of drug-likeness (QED) is 0.918. The first-order valence-electron chi connectivity index (χ1n) is 6.81. The van der Waals surface area contributed by atoms with Crippen molar-refractivity contribution in [2.45, 2.75) is 6.04 Å². The van der Waals surface area contributed by atoms with E-state index in [1.807, 2.05) is 44.4 Å². The van der Waals surface area contributed by atoms with Gasteiger partial charge in [-0.1, -0.05) is 18.2 Å². The van der Waals surface area contributed by atoms with Crippen LogP contribution in [-0.2, 0) is 0 Å². The molecule has 0 amide bonds. The van der Waals surface area contributed by atoms with Crippen molar-refractivity contribution in [3.8, 4) is 11.5 Å². The highest BCUT2D eigenvalue weighted by Gasteiger charge is 2.13. The van der Waals surface area contributed by atoms with Crippen LogP contribution in [0.15, 0.2) is 42.5 Å². The van der Waals surface area contributed by atoms with Gasteiger partial charge in [-0.05, 0) is 35.4 Å². The number of anilines is 1. The van der Waals surface area contributed by atoms with E-state index in [-0.39, 0.29) is 6.04 Å². The number of benzene rings is 2. The van der Waals surface area contributed by atoms with E-state index in [1.54, 1.807) is 14.2 Å². The first-order valence-corrected chi connectivity index (χ1v) is 6.81. The number of ether oxygens (including phenoxy) is 2. The zero-order valence-corrected chi connectivity index (χ0v) is 13.0. The van der Waals surface area contributed by atoms with E-state index in [1.165, 1.54) is 0 Å². The first-order chi connectivity index (χ1) is 10.1. The minimum atomic E-state index is -0.204. The molecule has 2 aromatic carbocycles. The molecule has 0 heterocycles. The predicted molar refractivity (Wildman–Crippen MR) is 86.3 cm³/mol. The van der Waals surface area contributed by atoms with Crippen molar-refractivity contribution >= 4 is 5.69 Å². The van der Waals surface area contributed by atoms with Crippen molar-refractivity contribution in [1.82, 2.24) is 0 Å². The number of methoxy groups -OCH3 is 2. The minimum absolute atomic E-state index is 0.204. The average Bonchev–Trinajstić information content (AvgIpc) is 2.53. The molecule has 112 valence electrons. The molecule has 0 fully saturated rings. The lowest BCUT2D eigenvalue weighted by Crippen LogP contribution is -2.14. The van der Waals surface area contributed by atoms with Crippen LogP contribution in [0.2, 0.25) is 0 Å². The van der Waals surface area contributed by atoms with Gasteiger partial charge in [0.05, 0.1) is 20.3 Å². The molecular weight excluding hydrogens is 264 g/mol. The summed E-state index contributed by atoms with van der Waals surface area (Å²) < 4.78 is 10.6. The molecule has 1 atom stereocenters. The molecule has 2 rings (SSSR count). The summed E-state index contributed by atoms with van der Waals surface area (Å²) in [6, 6.07) is 13.8. The fourth-order valence-electron chi connectivity index (χ4n) is 2.24. The SMILES string of the molecule is COc1ccc(C(N)c2cccc(N(C)C)c2)cc1OC. The van der Waals surface area contributed by atoms with Crippen LogP contribution >= 0.6 is 0 Å². The maximum atomic E-state index is 6.39. The molecule has 0 aliphatic heterocycles. The molecule has 4 heteroatoms. The van der Waals surface area contributed by atoms with Crippen molar-refractivity contribution < 1.29 is 9.47 Å². The number of nitrogens with zero attached hydrogens (tertiary/aromatic N) is 1. The Kier molecular flexibility index (Phi) is 4.70. The maximum Gasteiger partial charge on any atom is 0.161 e. The summed E-state index contributed by atoms with van der Waals surface area (Å²) >= 11 is 0. The van der Waals surface area contributed by atoms with E-state index in [9.17, 15) is 0 Å². The Morgan fingerprint density at radius 3 is 2.19 bits per heavy atom. The van der Waals surface area contributed by atoms with Gasteiger partial charge in [-0.3, -0.25) is 0 Å². The number of hydrogen-bond donors (Lipinski definition) is 1. The zero-order chi connectivity index (χ0) is 15.4. The largest absolute Gasteiger partial charge is 0.493 e. The Balaban J connectivity index is 2.35. The molecule has 2 aromatic rings. The first kappa shape index (κ1) is 15.2. The highest BCUT2D eigenvalue weighted by atomic mass is 16.5. The normalized spacial score (nSPS) is 11.9. The van der Waals surface area contributed by atoms with Crippen molar-refractivity contribution in [2.75, 3.05) is 33.2 Å².